The van der Waals surface area contributed by atoms with Crippen LogP contribution in [0.2, 0.25) is 0 Å². The molecule has 0 atom stereocenters. The maximum absolute atomic E-state index is 12.1. The molecule has 0 spiro atoms. The molecule has 0 saturated heterocycles. The number of rotatable bonds is 8. The third-order valence-electron chi connectivity index (χ3n) is 4.08. The standard InChI is InChI=1S/C19H19N5O4S2/c1-20-30(27,28)14-7-8-16(29-2)15(9-14)24-18-10-17(21-11-22-18)23-13-5-3-12(4-6-13)19(25)26/h3-11,20H,1-2H3,(H,25,26)(H2,21,22,23,24). The van der Waals surface area contributed by atoms with Gasteiger partial charge in [0.2, 0.25) is 10.0 Å². The Balaban J connectivity index is 1.84. The zero-order valence-electron chi connectivity index (χ0n) is 16.1. The van der Waals surface area contributed by atoms with Crippen molar-refractivity contribution in [3.8, 4) is 0 Å². The van der Waals surface area contributed by atoms with E-state index in [-0.39, 0.29) is 10.5 Å². The predicted octanol–water partition coefficient (Wildman–Crippen LogP) is 3.29. The number of carbonyl (C=O) groups is 1. The van der Waals surface area contributed by atoms with Crippen LogP contribution in [0.5, 0.6) is 0 Å². The number of aromatic carboxylic acids is 1. The number of anilines is 4. The minimum atomic E-state index is -3.58. The van der Waals surface area contributed by atoms with Crippen molar-refractivity contribution in [2.24, 2.45) is 0 Å². The van der Waals surface area contributed by atoms with Crippen molar-refractivity contribution in [2.75, 3.05) is 23.9 Å². The smallest absolute Gasteiger partial charge is 0.335 e. The van der Waals surface area contributed by atoms with Crippen LogP contribution in [0, 0.1) is 0 Å². The Morgan fingerprint density at radius 3 is 2.27 bits per heavy atom. The monoisotopic (exact) mass is 445 g/mol. The number of aromatic nitrogens is 2. The number of carboxylic acids is 1. The molecule has 0 aliphatic heterocycles. The van der Waals surface area contributed by atoms with E-state index < -0.39 is 16.0 Å². The van der Waals surface area contributed by atoms with Gasteiger partial charge in [0.15, 0.2) is 0 Å². The van der Waals surface area contributed by atoms with Gasteiger partial charge in [-0.3, -0.25) is 0 Å². The first-order valence-corrected chi connectivity index (χ1v) is 11.3. The number of benzene rings is 2. The number of hydrogen-bond donors (Lipinski definition) is 4. The van der Waals surface area contributed by atoms with Crippen LogP contribution in [0.1, 0.15) is 10.4 Å². The van der Waals surface area contributed by atoms with Gasteiger partial charge in [-0.05, 0) is 55.8 Å². The van der Waals surface area contributed by atoms with Crippen molar-refractivity contribution in [1.82, 2.24) is 14.7 Å². The molecule has 30 heavy (non-hydrogen) atoms. The Morgan fingerprint density at radius 1 is 1.00 bits per heavy atom. The van der Waals surface area contributed by atoms with Crippen LogP contribution in [0.4, 0.5) is 23.0 Å². The third kappa shape index (κ3) is 5.06. The van der Waals surface area contributed by atoms with E-state index in [4.69, 9.17) is 5.11 Å². The average Bonchev–Trinajstić information content (AvgIpc) is 2.74. The highest BCUT2D eigenvalue weighted by Gasteiger charge is 2.14. The Morgan fingerprint density at radius 2 is 1.67 bits per heavy atom. The second kappa shape index (κ2) is 9.11. The zero-order chi connectivity index (χ0) is 21.7. The topological polar surface area (TPSA) is 133 Å². The molecule has 0 aliphatic rings. The predicted molar refractivity (Wildman–Crippen MR) is 116 cm³/mol. The molecular weight excluding hydrogens is 426 g/mol. The van der Waals surface area contributed by atoms with Gasteiger partial charge in [-0.1, -0.05) is 0 Å². The maximum Gasteiger partial charge on any atom is 0.335 e. The summed E-state index contributed by atoms with van der Waals surface area (Å²) in [6.45, 7) is 0. The van der Waals surface area contributed by atoms with Crippen molar-refractivity contribution >= 4 is 50.8 Å². The van der Waals surface area contributed by atoms with Gasteiger partial charge in [0.05, 0.1) is 16.1 Å². The van der Waals surface area contributed by atoms with E-state index in [0.29, 0.717) is 23.0 Å². The van der Waals surface area contributed by atoms with Gasteiger partial charge in [-0.15, -0.1) is 11.8 Å². The van der Waals surface area contributed by atoms with Crippen molar-refractivity contribution in [2.45, 2.75) is 9.79 Å². The van der Waals surface area contributed by atoms with Crippen molar-refractivity contribution in [1.29, 1.82) is 0 Å². The lowest BCUT2D eigenvalue weighted by atomic mass is 10.2. The molecule has 1 heterocycles. The van der Waals surface area contributed by atoms with E-state index in [2.05, 4.69) is 25.3 Å². The lowest BCUT2D eigenvalue weighted by Crippen LogP contribution is -2.18. The zero-order valence-corrected chi connectivity index (χ0v) is 17.7. The number of thioether (sulfide) groups is 1. The minimum Gasteiger partial charge on any atom is -0.478 e. The Kier molecular flexibility index (Phi) is 6.55. The highest BCUT2D eigenvalue weighted by molar-refractivity contribution is 7.98. The average molecular weight is 446 g/mol. The van der Waals surface area contributed by atoms with Gasteiger partial charge in [-0.2, -0.15) is 0 Å². The maximum atomic E-state index is 12.1. The van der Waals surface area contributed by atoms with Gasteiger partial charge in [0, 0.05) is 16.6 Å². The molecule has 3 aromatic rings. The number of nitrogens with one attached hydrogen (secondary N) is 3. The van der Waals surface area contributed by atoms with Gasteiger partial charge >= 0.3 is 5.97 Å². The molecular formula is C19H19N5O4S2. The van der Waals surface area contributed by atoms with Gasteiger partial charge in [-0.25, -0.2) is 27.9 Å². The van der Waals surface area contributed by atoms with Crippen molar-refractivity contribution in [3.63, 3.8) is 0 Å². The normalized spacial score (nSPS) is 11.1. The molecule has 0 radical (unpaired) electrons. The fourth-order valence-corrected chi connectivity index (χ4v) is 3.84. The first kappa shape index (κ1) is 21.6. The van der Waals surface area contributed by atoms with Gasteiger partial charge in [0.25, 0.3) is 0 Å². The molecule has 0 aliphatic carbocycles. The Bertz CT molecular complexity index is 1170. The van der Waals surface area contributed by atoms with Crippen LogP contribution in [0.25, 0.3) is 0 Å². The van der Waals surface area contributed by atoms with E-state index in [1.165, 1.54) is 49.4 Å². The fraction of sp³-hybridized carbons (Fsp3) is 0.105. The Labute approximate surface area is 178 Å². The van der Waals surface area contributed by atoms with Crippen LogP contribution >= 0.6 is 11.8 Å². The molecule has 11 heteroatoms. The molecule has 3 rings (SSSR count). The minimum absolute atomic E-state index is 0.135. The largest absolute Gasteiger partial charge is 0.478 e. The van der Waals surface area contributed by atoms with E-state index >= 15 is 0 Å². The number of carboxylic acid groups (broad SMARTS) is 1. The molecule has 0 amide bonds. The summed E-state index contributed by atoms with van der Waals surface area (Å²) in [5, 5.41) is 15.2. The van der Waals surface area contributed by atoms with Crippen LogP contribution in [-0.4, -0.2) is 42.8 Å². The van der Waals surface area contributed by atoms with Crippen molar-refractivity contribution < 1.29 is 18.3 Å². The second-order valence-electron chi connectivity index (χ2n) is 5.99. The lowest BCUT2D eigenvalue weighted by molar-refractivity contribution is 0.0697. The molecule has 1 aromatic heterocycles. The van der Waals surface area contributed by atoms with E-state index in [1.807, 2.05) is 6.26 Å². The summed E-state index contributed by atoms with van der Waals surface area (Å²) in [6.07, 6.45) is 3.25. The van der Waals surface area contributed by atoms with E-state index in [9.17, 15) is 13.2 Å². The first-order valence-electron chi connectivity index (χ1n) is 8.63. The Hall–Kier alpha value is -3.15. The molecule has 156 valence electrons. The highest BCUT2D eigenvalue weighted by atomic mass is 32.2. The number of sulfonamides is 1. The molecule has 0 saturated carbocycles. The van der Waals surface area contributed by atoms with Crippen LogP contribution in [0.15, 0.2) is 64.6 Å². The molecule has 9 nitrogen and oxygen atoms in total. The summed E-state index contributed by atoms with van der Waals surface area (Å²) < 4.78 is 26.5. The van der Waals surface area contributed by atoms with E-state index in [0.717, 1.165) is 4.90 Å². The molecule has 0 bridgehead atoms. The molecule has 0 unspecified atom stereocenters. The highest BCUT2D eigenvalue weighted by Crippen LogP contribution is 2.30. The summed E-state index contributed by atoms with van der Waals surface area (Å²) in [6, 6.07) is 12.7. The third-order valence-corrected chi connectivity index (χ3v) is 6.29. The molecule has 2 aromatic carbocycles. The first-order chi connectivity index (χ1) is 14.3. The molecule has 4 N–H and O–H groups in total. The quantitative estimate of drug-likeness (QED) is 0.385. The molecule has 0 fully saturated rings. The van der Waals surface area contributed by atoms with Crippen LogP contribution in [-0.2, 0) is 10.0 Å². The summed E-state index contributed by atoms with van der Waals surface area (Å²) >= 11 is 1.47. The van der Waals surface area contributed by atoms with Crippen molar-refractivity contribution in [3.05, 3.63) is 60.4 Å². The summed E-state index contributed by atoms with van der Waals surface area (Å²) in [5.74, 6) is -0.0496. The second-order valence-corrected chi connectivity index (χ2v) is 8.73. The number of hydrogen-bond acceptors (Lipinski definition) is 8. The number of nitrogens with zero attached hydrogens (tertiary/aromatic N) is 2. The van der Waals surface area contributed by atoms with E-state index in [1.54, 1.807) is 24.3 Å². The lowest BCUT2D eigenvalue weighted by Gasteiger charge is -2.13. The summed E-state index contributed by atoms with van der Waals surface area (Å²) in [7, 11) is -2.23. The van der Waals surface area contributed by atoms with Gasteiger partial charge < -0.3 is 15.7 Å². The fourth-order valence-electron chi connectivity index (χ4n) is 2.55. The summed E-state index contributed by atoms with van der Waals surface area (Å²) in [4.78, 5) is 20.3. The SMILES string of the molecule is CNS(=O)(=O)c1ccc(SC)c(Nc2cc(Nc3ccc(C(=O)O)cc3)ncn2)c1. The van der Waals surface area contributed by atoms with Gasteiger partial charge in [0.1, 0.15) is 18.0 Å². The van der Waals surface area contributed by atoms with Crippen LogP contribution in [0.3, 0.4) is 0 Å². The summed E-state index contributed by atoms with van der Waals surface area (Å²) in [5.41, 5.74) is 1.44. The van der Waals surface area contributed by atoms with Crippen LogP contribution < -0.4 is 15.4 Å².